The van der Waals surface area contributed by atoms with Crippen molar-refractivity contribution in [3.63, 3.8) is 0 Å². The van der Waals surface area contributed by atoms with Gasteiger partial charge in [-0.25, -0.2) is 4.79 Å². The maximum atomic E-state index is 14.5. The van der Waals surface area contributed by atoms with Crippen LogP contribution in [-0.4, -0.2) is 133 Å². The second-order valence-electron chi connectivity index (χ2n) is 17.5. The van der Waals surface area contributed by atoms with Crippen LogP contribution in [0.1, 0.15) is 112 Å². The third-order valence-electron chi connectivity index (χ3n) is 13.2. The number of carbonyl (C=O) groups excluding carboxylic acids is 4. The number of hydrogen-bond acceptors (Lipinski definition) is 13. The molecule has 3 aliphatic heterocycles. The minimum Gasteiger partial charge on any atom is -0.456 e. The molecule has 2 bridgehead atoms. The zero-order chi connectivity index (χ0) is 43.1. The van der Waals surface area contributed by atoms with E-state index < -0.39 is 90.1 Å². The summed E-state index contributed by atoms with van der Waals surface area (Å²) in [7, 11) is 5.98. The summed E-state index contributed by atoms with van der Waals surface area (Å²) in [6.07, 6.45) is 1.91. The number of ether oxygens (including phenoxy) is 6. The van der Waals surface area contributed by atoms with Gasteiger partial charge in [0.25, 0.3) is 11.7 Å². The Morgan fingerprint density at radius 2 is 1.53 bits per heavy atom. The number of hydrogen-bond donors (Lipinski definition) is 3. The van der Waals surface area contributed by atoms with E-state index >= 15 is 0 Å². The first-order valence-electron chi connectivity index (χ1n) is 21.3. The maximum Gasteiger partial charge on any atom is 0.329 e. The molecule has 14 nitrogen and oxygen atoms in total. The number of fused-ring (bicyclic) bond motifs is 3. The molecule has 0 aromatic rings. The fourth-order valence-corrected chi connectivity index (χ4v) is 9.66. The summed E-state index contributed by atoms with van der Waals surface area (Å²) in [6, 6.07) is -1.27. The molecule has 1 aliphatic carbocycles. The number of allylic oxidation sites excluding steroid dienone is 3. The van der Waals surface area contributed by atoms with Gasteiger partial charge in [0.05, 0.1) is 30.5 Å². The number of nitrogens with zero attached hydrogens (tertiary/aromatic N) is 1. The standard InChI is InChI=1S/C44H71NO13/c1-11-30-18-24(2)17-25(3)19-36(54-8)40-37(55-9)21-27(5)44(52,58-40)41(49)42(50)45-31(13-12-14-38(45)56-10)43(51)57-39(28(6)33(47)23-34(30)48)26(4)20-29-15-16-32(46)35(22-29)53-7/h18,20,25,27-33,35-40,46-47,52H,11-17,19,21-23H2,1-10H3/b24-18+,26-20+/t25-,27+,28+,29-,30+,31-,32+,33-,35+,36?,37-,38-,39+,40+,44+/m0/s1. The van der Waals surface area contributed by atoms with Gasteiger partial charge < -0.3 is 43.7 Å². The minimum atomic E-state index is -2.57. The number of aliphatic hydroxyl groups is 3. The second kappa shape index (κ2) is 21.3. The lowest BCUT2D eigenvalue weighted by Crippen LogP contribution is -2.65. The second-order valence-corrected chi connectivity index (χ2v) is 17.5. The quantitative estimate of drug-likeness (QED) is 0.186. The van der Waals surface area contributed by atoms with E-state index in [1.807, 2.05) is 32.9 Å². The van der Waals surface area contributed by atoms with Crippen molar-refractivity contribution in [3.8, 4) is 0 Å². The number of piperidine rings is 1. The van der Waals surface area contributed by atoms with Gasteiger partial charge in [0.1, 0.15) is 30.3 Å². The Balaban J connectivity index is 1.81. The fourth-order valence-electron chi connectivity index (χ4n) is 9.66. The molecule has 330 valence electrons. The van der Waals surface area contributed by atoms with Gasteiger partial charge in [0.2, 0.25) is 5.79 Å². The van der Waals surface area contributed by atoms with Crippen LogP contribution in [0.5, 0.6) is 0 Å². The predicted molar refractivity (Wildman–Crippen MR) is 214 cm³/mol. The molecule has 3 fully saturated rings. The van der Waals surface area contributed by atoms with E-state index in [0.29, 0.717) is 56.9 Å². The average Bonchev–Trinajstić information content (AvgIpc) is 3.20. The van der Waals surface area contributed by atoms with Gasteiger partial charge >= 0.3 is 5.97 Å². The molecule has 0 radical (unpaired) electrons. The normalized spacial score (nSPS) is 41.8. The monoisotopic (exact) mass is 821 g/mol. The molecule has 14 heteroatoms. The van der Waals surface area contributed by atoms with E-state index in [1.165, 1.54) is 21.3 Å². The van der Waals surface area contributed by atoms with E-state index in [2.05, 4.69) is 0 Å². The molecule has 1 saturated carbocycles. The molecule has 4 aliphatic rings. The highest BCUT2D eigenvalue weighted by Gasteiger charge is 2.57. The lowest BCUT2D eigenvalue weighted by molar-refractivity contribution is -0.303. The van der Waals surface area contributed by atoms with Gasteiger partial charge in [-0.15, -0.1) is 0 Å². The van der Waals surface area contributed by atoms with Crippen molar-refractivity contribution in [3.05, 3.63) is 23.3 Å². The number of Topliss-reactive ketones (excluding diaryl/α,β-unsaturated/α-hetero) is 2. The van der Waals surface area contributed by atoms with Crippen molar-refractivity contribution in [1.29, 1.82) is 0 Å². The highest BCUT2D eigenvalue weighted by Crippen LogP contribution is 2.40. The molecule has 0 aromatic heterocycles. The molecule has 15 atom stereocenters. The van der Waals surface area contributed by atoms with Gasteiger partial charge in [-0.1, -0.05) is 45.4 Å². The fraction of sp³-hybridized carbons (Fsp3) is 0.818. The number of methoxy groups -OCH3 is 4. The number of esters is 1. The number of aliphatic hydroxyl groups excluding tert-OH is 2. The van der Waals surface area contributed by atoms with Crippen LogP contribution in [0.4, 0.5) is 0 Å². The molecule has 4 rings (SSSR count). The van der Waals surface area contributed by atoms with E-state index in [0.717, 1.165) is 10.5 Å². The molecular weight excluding hydrogens is 750 g/mol. The zero-order valence-corrected chi connectivity index (χ0v) is 36.4. The van der Waals surface area contributed by atoms with Gasteiger partial charge in [0, 0.05) is 52.6 Å². The molecule has 3 N–H and O–H groups in total. The summed E-state index contributed by atoms with van der Waals surface area (Å²) in [5, 5.41) is 34.3. The first kappa shape index (κ1) is 48.1. The van der Waals surface area contributed by atoms with Crippen molar-refractivity contribution in [2.75, 3.05) is 28.4 Å². The SMILES string of the molecule is CC[C@@H]1/C=C(\C)C[C@H](C)CC(OC)[C@H]2O[C@@](O)(C(=O)C(=O)N3[C@@H](OC)CCC[C@H]3C(=O)O[C@H](/C(C)=C/[C@@H]3CC[C@@H](O)[C@H](OC)C3)[C@H](C)[C@@H](O)CC1=O)[C@H](C)C[C@@H]2OC. The van der Waals surface area contributed by atoms with Crippen LogP contribution in [0.25, 0.3) is 0 Å². The van der Waals surface area contributed by atoms with Crippen LogP contribution in [0.2, 0.25) is 0 Å². The van der Waals surface area contributed by atoms with Gasteiger partial charge in [-0.3, -0.25) is 19.3 Å². The minimum absolute atomic E-state index is 0.0151. The lowest BCUT2D eigenvalue weighted by Gasteiger charge is -2.47. The van der Waals surface area contributed by atoms with Crippen molar-refractivity contribution >= 4 is 23.4 Å². The highest BCUT2D eigenvalue weighted by molar-refractivity contribution is 6.39. The Morgan fingerprint density at radius 1 is 0.879 bits per heavy atom. The number of carbonyl (C=O) groups is 4. The Labute approximate surface area is 344 Å². The molecule has 58 heavy (non-hydrogen) atoms. The summed E-state index contributed by atoms with van der Waals surface area (Å²) < 4.78 is 35.5. The topological polar surface area (TPSA) is 188 Å². The van der Waals surface area contributed by atoms with Crippen molar-refractivity contribution in [2.45, 2.75) is 173 Å². The van der Waals surface area contributed by atoms with Crippen LogP contribution >= 0.6 is 0 Å². The molecule has 3 heterocycles. The van der Waals surface area contributed by atoms with Crippen molar-refractivity contribution in [2.24, 2.45) is 29.6 Å². The van der Waals surface area contributed by atoms with Crippen LogP contribution in [-0.2, 0) is 47.6 Å². The molecular formula is C44H71NO13. The highest BCUT2D eigenvalue weighted by atomic mass is 16.7. The summed E-state index contributed by atoms with van der Waals surface area (Å²) in [5.41, 5.74) is 1.62. The van der Waals surface area contributed by atoms with Crippen LogP contribution < -0.4 is 0 Å². The third-order valence-corrected chi connectivity index (χ3v) is 13.2. The molecule has 1 unspecified atom stereocenters. The number of ketones is 2. The van der Waals surface area contributed by atoms with E-state index in [9.17, 15) is 34.5 Å². The number of rotatable bonds is 7. The van der Waals surface area contributed by atoms with Crippen LogP contribution in [0, 0.1) is 29.6 Å². The number of amides is 1. The number of cyclic esters (lactones) is 1. The molecule has 1 amide bonds. The lowest BCUT2D eigenvalue weighted by atomic mass is 9.81. The Kier molecular flexibility index (Phi) is 17.7. The first-order valence-corrected chi connectivity index (χ1v) is 21.3. The summed E-state index contributed by atoms with van der Waals surface area (Å²) in [5.74, 6) is -7.99. The van der Waals surface area contributed by atoms with E-state index in [1.54, 1.807) is 27.9 Å². The van der Waals surface area contributed by atoms with E-state index in [4.69, 9.17) is 28.4 Å². The zero-order valence-electron chi connectivity index (χ0n) is 36.4. The van der Waals surface area contributed by atoms with Gasteiger partial charge in [0.15, 0.2) is 0 Å². The molecule has 2 saturated heterocycles. The van der Waals surface area contributed by atoms with Crippen LogP contribution in [0.3, 0.4) is 0 Å². The Bertz CT molecular complexity index is 1480. The van der Waals surface area contributed by atoms with Gasteiger partial charge in [-0.2, -0.15) is 0 Å². The average molecular weight is 822 g/mol. The summed E-state index contributed by atoms with van der Waals surface area (Å²) in [6.45, 7) is 11.1. The Hall–Kier alpha value is -2.56. The maximum absolute atomic E-state index is 14.5. The van der Waals surface area contributed by atoms with Gasteiger partial charge in [-0.05, 0) is 95.5 Å². The van der Waals surface area contributed by atoms with Crippen LogP contribution in [0.15, 0.2) is 23.3 Å². The van der Waals surface area contributed by atoms with Crippen molar-refractivity contribution in [1.82, 2.24) is 4.90 Å². The summed E-state index contributed by atoms with van der Waals surface area (Å²) in [4.78, 5) is 58.3. The third kappa shape index (κ3) is 11.0. The predicted octanol–water partition coefficient (Wildman–Crippen LogP) is 4.45. The van der Waals surface area contributed by atoms with E-state index in [-0.39, 0.29) is 43.0 Å². The molecule has 0 aromatic carbocycles. The largest absolute Gasteiger partial charge is 0.456 e. The summed E-state index contributed by atoms with van der Waals surface area (Å²) >= 11 is 0. The molecule has 0 spiro atoms. The van der Waals surface area contributed by atoms with Crippen molar-refractivity contribution < 1.29 is 62.9 Å². The Morgan fingerprint density at radius 3 is 2.16 bits per heavy atom. The smallest absolute Gasteiger partial charge is 0.329 e. The first-order chi connectivity index (χ1) is 27.4.